The van der Waals surface area contributed by atoms with Crippen LogP contribution in [-0.2, 0) is 24.8 Å². The van der Waals surface area contributed by atoms with E-state index in [1.807, 2.05) is 45.0 Å². The summed E-state index contributed by atoms with van der Waals surface area (Å²) in [7, 11) is -4.16. The first kappa shape index (κ1) is 30.4. The van der Waals surface area contributed by atoms with Crippen LogP contribution in [0.2, 0.25) is 5.02 Å². The van der Waals surface area contributed by atoms with Gasteiger partial charge in [-0.15, -0.1) is 0 Å². The first-order chi connectivity index (χ1) is 19.8. The van der Waals surface area contributed by atoms with Gasteiger partial charge in [0.15, 0.2) is 17.7 Å². The zero-order valence-corrected chi connectivity index (χ0v) is 24.7. The zero-order valence-electron chi connectivity index (χ0n) is 23.0. The molecule has 0 radical (unpaired) electrons. The van der Waals surface area contributed by atoms with Crippen LogP contribution in [0.3, 0.4) is 0 Å². The van der Waals surface area contributed by atoms with Gasteiger partial charge >= 0.3 is 7.82 Å². The monoisotopic (exact) mass is 622 g/mol. The summed E-state index contributed by atoms with van der Waals surface area (Å²) >= 11 is 5.91. The van der Waals surface area contributed by atoms with Gasteiger partial charge in [-0.05, 0) is 29.5 Å². The second kappa shape index (κ2) is 11.9. The van der Waals surface area contributed by atoms with Crippen molar-refractivity contribution < 1.29 is 33.5 Å². The van der Waals surface area contributed by atoms with Crippen molar-refractivity contribution >= 4 is 36.4 Å². The van der Waals surface area contributed by atoms with Gasteiger partial charge in [0, 0.05) is 5.02 Å². The number of halogens is 1. The number of rotatable bonds is 5. The quantitative estimate of drug-likeness (QED) is 0.236. The molecule has 2 aliphatic heterocycles. The van der Waals surface area contributed by atoms with E-state index in [2.05, 4.69) is 29.6 Å². The lowest BCUT2D eigenvalue weighted by atomic mass is 9.82. The SMILES string of the molecule is CC(C)(C)[C@H](O)[C@H](Cc1ccc(Cl)cc1)n1cncn1.Nc1ncnc2c1ncn2[C@@H]1O[C@@H]2COP(=O)(O)O[C@H]2[C@H]1O. The number of phosphoric ester groups is 1. The molecular weight excluding hydrogens is 591 g/mol. The first-order valence-electron chi connectivity index (χ1n) is 13.0. The van der Waals surface area contributed by atoms with Crippen molar-refractivity contribution in [3.05, 3.63) is 60.2 Å². The Labute approximate surface area is 245 Å². The lowest BCUT2D eigenvalue weighted by Gasteiger charge is -2.33. The summed E-state index contributed by atoms with van der Waals surface area (Å²) in [5.41, 5.74) is 7.34. The number of hydrogen-bond donors (Lipinski definition) is 4. The Morgan fingerprint density at radius 3 is 2.57 bits per heavy atom. The maximum Gasteiger partial charge on any atom is 0.472 e. The van der Waals surface area contributed by atoms with Crippen LogP contribution in [0, 0.1) is 5.41 Å². The average Bonchev–Trinajstić information content (AvgIpc) is 3.68. The number of ether oxygens (including phenoxy) is 1. The minimum Gasteiger partial charge on any atom is -0.390 e. The fourth-order valence-electron chi connectivity index (χ4n) is 4.80. The number of benzene rings is 1. The minimum absolute atomic E-state index is 0.154. The predicted molar refractivity (Wildman–Crippen MR) is 150 cm³/mol. The topological polar surface area (TPSA) is 206 Å². The van der Waals surface area contributed by atoms with Gasteiger partial charge < -0.3 is 25.6 Å². The highest BCUT2D eigenvalue weighted by molar-refractivity contribution is 7.47. The van der Waals surface area contributed by atoms with E-state index < -0.39 is 38.5 Å². The van der Waals surface area contributed by atoms with Crippen LogP contribution in [0.5, 0.6) is 0 Å². The van der Waals surface area contributed by atoms with Gasteiger partial charge in [-0.3, -0.25) is 13.6 Å². The Hall–Kier alpha value is -3.01. The largest absolute Gasteiger partial charge is 0.472 e. The van der Waals surface area contributed by atoms with Crippen LogP contribution >= 0.6 is 19.4 Å². The average molecular weight is 623 g/mol. The Bertz CT molecular complexity index is 1550. The van der Waals surface area contributed by atoms with Gasteiger partial charge in [0.1, 0.15) is 42.8 Å². The number of imidazole rings is 1. The molecule has 15 nitrogen and oxygen atoms in total. The molecule has 2 aliphatic rings. The molecule has 226 valence electrons. The maximum atomic E-state index is 11.5. The number of nitrogen functional groups attached to an aromatic ring is 1. The van der Waals surface area contributed by atoms with Gasteiger partial charge in [-0.1, -0.05) is 44.5 Å². The van der Waals surface area contributed by atoms with E-state index in [1.54, 1.807) is 11.0 Å². The van der Waals surface area contributed by atoms with Crippen LogP contribution in [-0.4, -0.2) is 80.4 Å². The van der Waals surface area contributed by atoms with E-state index in [4.69, 9.17) is 26.6 Å². The van der Waals surface area contributed by atoms with Crippen molar-refractivity contribution in [1.29, 1.82) is 0 Å². The molecule has 2 fully saturated rings. The first-order valence-corrected chi connectivity index (χ1v) is 14.9. The van der Waals surface area contributed by atoms with Crippen molar-refractivity contribution in [2.24, 2.45) is 5.41 Å². The van der Waals surface area contributed by atoms with Crippen LogP contribution in [0.15, 0.2) is 49.6 Å². The maximum absolute atomic E-state index is 11.5. The minimum atomic E-state index is -4.16. The number of phosphoric acid groups is 1. The van der Waals surface area contributed by atoms with Gasteiger partial charge in [0.25, 0.3) is 0 Å². The van der Waals surface area contributed by atoms with E-state index in [1.165, 1.54) is 23.5 Å². The number of aliphatic hydroxyl groups excluding tert-OH is 2. The Balaban J connectivity index is 0.000000169. The Morgan fingerprint density at radius 1 is 1.17 bits per heavy atom. The molecule has 5 N–H and O–H groups in total. The fourth-order valence-corrected chi connectivity index (χ4v) is 5.89. The highest BCUT2D eigenvalue weighted by atomic mass is 35.5. The summed E-state index contributed by atoms with van der Waals surface area (Å²) < 4.78 is 29.9. The van der Waals surface area contributed by atoms with Gasteiger partial charge in [-0.25, -0.2) is 29.2 Å². The van der Waals surface area contributed by atoms with Crippen LogP contribution in [0.1, 0.15) is 38.6 Å². The molecule has 6 rings (SSSR count). The third-order valence-electron chi connectivity index (χ3n) is 7.01. The number of fused-ring (bicyclic) bond motifs is 2. The molecule has 0 spiro atoms. The second-order valence-corrected chi connectivity index (χ2v) is 12.9. The lowest BCUT2D eigenvalue weighted by Crippen LogP contribution is -2.39. The highest BCUT2D eigenvalue weighted by Crippen LogP contribution is 2.52. The molecule has 1 aromatic carbocycles. The van der Waals surface area contributed by atoms with Gasteiger partial charge in [0.05, 0.1) is 25.1 Å². The Morgan fingerprint density at radius 2 is 1.90 bits per heavy atom. The van der Waals surface area contributed by atoms with E-state index in [-0.39, 0.29) is 23.9 Å². The van der Waals surface area contributed by atoms with Crippen molar-refractivity contribution in [2.75, 3.05) is 12.3 Å². The summed E-state index contributed by atoms with van der Waals surface area (Å²) in [5, 5.41) is 25.9. The third kappa shape index (κ3) is 6.48. The summed E-state index contributed by atoms with van der Waals surface area (Å²) in [5.74, 6) is 0.202. The number of nitrogens with zero attached hydrogens (tertiary/aromatic N) is 7. The summed E-state index contributed by atoms with van der Waals surface area (Å²) in [4.78, 5) is 25.3. The van der Waals surface area contributed by atoms with E-state index in [9.17, 15) is 19.7 Å². The normalized spacial score (nSPS) is 27.2. The molecule has 7 atom stereocenters. The molecule has 0 bridgehead atoms. The van der Waals surface area contributed by atoms with E-state index in [0.717, 1.165) is 5.56 Å². The molecule has 42 heavy (non-hydrogen) atoms. The smallest absolute Gasteiger partial charge is 0.390 e. The van der Waals surface area contributed by atoms with Gasteiger partial charge in [-0.2, -0.15) is 5.10 Å². The molecule has 0 amide bonds. The standard InChI is InChI=1S/C15H20ClN3O.C10H12N5O6P/c1-15(2,3)14(20)13(19-10-17-9-18-19)8-11-4-6-12(16)7-5-11;11-8-5-9(13-2-12-8)15(3-14-5)10-6(16)7-4(20-10)1-19-22(17,18)21-7/h4-7,9-10,13-14,20H,8H2,1-3H3;2-4,6-7,10,16H,1H2,(H,17,18)(H2,11,12,13)/t13-,14+;4-,6-,7-,10-/m01/s1. The molecule has 17 heteroatoms. The van der Waals surface area contributed by atoms with Crippen LogP contribution < -0.4 is 5.73 Å². The van der Waals surface area contributed by atoms with E-state index in [0.29, 0.717) is 22.6 Å². The van der Waals surface area contributed by atoms with Crippen molar-refractivity contribution in [3.63, 3.8) is 0 Å². The van der Waals surface area contributed by atoms with Crippen molar-refractivity contribution in [3.8, 4) is 0 Å². The number of nitrogens with two attached hydrogens (primary N) is 1. The molecule has 1 unspecified atom stereocenters. The second-order valence-electron chi connectivity index (χ2n) is 11.1. The molecular formula is C25H32ClN8O7P. The van der Waals surface area contributed by atoms with E-state index >= 15 is 0 Å². The van der Waals surface area contributed by atoms with Gasteiger partial charge in [0.2, 0.25) is 0 Å². The molecule has 5 heterocycles. The molecule has 2 saturated heterocycles. The molecule has 0 saturated carbocycles. The third-order valence-corrected chi connectivity index (χ3v) is 8.25. The summed E-state index contributed by atoms with van der Waals surface area (Å²) in [6.45, 7) is 5.89. The number of anilines is 1. The summed E-state index contributed by atoms with van der Waals surface area (Å²) in [6, 6.07) is 7.51. The lowest BCUT2D eigenvalue weighted by molar-refractivity contribution is -0.0664. The van der Waals surface area contributed by atoms with Crippen LogP contribution in [0.4, 0.5) is 5.82 Å². The molecule has 0 aliphatic carbocycles. The zero-order chi connectivity index (χ0) is 30.2. The number of hydrogen-bond acceptors (Lipinski definition) is 12. The molecule has 3 aromatic heterocycles. The summed E-state index contributed by atoms with van der Waals surface area (Å²) in [6.07, 6.45) is 2.22. The van der Waals surface area contributed by atoms with Crippen LogP contribution in [0.25, 0.3) is 11.2 Å². The fraction of sp³-hybridized carbons (Fsp3) is 0.480. The highest BCUT2D eigenvalue weighted by Gasteiger charge is 2.52. The number of aliphatic hydroxyl groups is 2. The Kier molecular flexibility index (Phi) is 8.65. The molecule has 4 aromatic rings. The predicted octanol–water partition coefficient (Wildman–Crippen LogP) is 2.30. The van der Waals surface area contributed by atoms with Crippen molar-refractivity contribution in [2.45, 2.75) is 63.9 Å². The number of aromatic nitrogens is 7. The van der Waals surface area contributed by atoms with Crippen molar-refractivity contribution in [1.82, 2.24) is 34.3 Å².